The fourth-order valence-corrected chi connectivity index (χ4v) is 4.39. The summed E-state index contributed by atoms with van der Waals surface area (Å²) in [5, 5.41) is 17.6. The van der Waals surface area contributed by atoms with Crippen molar-refractivity contribution in [2.45, 2.75) is 38.7 Å². The van der Waals surface area contributed by atoms with E-state index in [1.165, 1.54) is 0 Å². The Morgan fingerprint density at radius 2 is 1.85 bits per heavy atom. The van der Waals surface area contributed by atoms with Gasteiger partial charge in [0.25, 0.3) is 5.91 Å². The number of nitrogens with one attached hydrogen (secondary N) is 3. The fourth-order valence-electron chi connectivity index (χ4n) is 4.39. The van der Waals surface area contributed by atoms with Gasteiger partial charge in [-0.3, -0.25) is 4.79 Å². The molecule has 8 nitrogen and oxygen atoms in total. The number of anilines is 3. The molecule has 2 aromatic carbocycles. The Kier molecular flexibility index (Phi) is 7.65. The van der Waals surface area contributed by atoms with Crippen molar-refractivity contribution in [3.05, 3.63) is 53.6 Å². The molecule has 0 radical (unpaired) electrons. The normalized spacial score (nSPS) is 18.2. The van der Waals surface area contributed by atoms with Crippen LogP contribution in [0.2, 0.25) is 0 Å². The van der Waals surface area contributed by atoms with E-state index in [-0.39, 0.29) is 12.0 Å². The minimum atomic E-state index is -0.444. The number of amides is 3. The number of carbonyl (C=O) groups is 2. The van der Waals surface area contributed by atoms with Crippen LogP contribution >= 0.6 is 0 Å². The van der Waals surface area contributed by atoms with Gasteiger partial charge in [0.15, 0.2) is 0 Å². The van der Waals surface area contributed by atoms with Crippen molar-refractivity contribution in [2.75, 3.05) is 41.8 Å². The number of nitrogens with zero attached hydrogens (tertiary/aromatic N) is 2. The maximum absolute atomic E-state index is 13.2. The molecule has 4 rings (SSSR count). The van der Waals surface area contributed by atoms with E-state index in [1.54, 1.807) is 30.3 Å². The molecule has 3 amide bonds. The van der Waals surface area contributed by atoms with Gasteiger partial charge in [-0.05, 0) is 68.0 Å². The summed E-state index contributed by atoms with van der Waals surface area (Å²) in [6.45, 7) is 5.27. The van der Waals surface area contributed by atoms with Crippen LogP contribution in [0.4, 0.5) is 21.9 Å². The number of nitriles is 1. The van der Waals surface area contributed by atoms with Crippen molar-refractivity contribution in [2.24, 2.45) is 5.92 Å². The summed E-state index contributed by atoms with van der Waals surface area (Å²) >= 11 is 0. The predicted octanol–water partition coefficient (Wildman–Crippen LogP) is 4.35. The first-order valence-electron chi connectivity index (χ1n) is 11.9. The van der Waals surface area contributed by atoms with Crippen molar-refractivity contribution in [3.63, 3.8) is 0 Å². The third-order valence-electron chi connectivity index (χ3n) is 6.39. The maximum Gasteiger partial charge on any atom is 0.323 e. The summed E-state index contributed by atoms with van der Waals surface area (Å²) in [4.78, 5) is 28.0. The van der Waals surface area contributed by atoms with Gasteiger partial charge in [0.05, 0.1) is 23.3 Å². The Morgan fingerprint density at radius 1 is 1.09 bits per heavy atom. The number of carbonyl (C=O) groups excluding carboxylic acids is 2. The van der Waals surface area contributed by atoms with Crippen LogP contribution in [0.25, 0.3) is 0 Å². The number of benzene rings is 2. The highest BCUT2D eigenvalue weighted by atomic mass is 16.5. The molecule has 0 aromatic heterocycles. The average molecular weight is 462 g/mol. The summed E-state index contributed by atoms with van der Waals surface area (Å²) in [6.07, 6.45) is 4.19. The van der Waals surface area contributed by atoms with Crippen molar-refractivity contribution < 1.29 is 14.3 Å². The summed E-state index contributed by atoms with van der Waals surface area (Å²) in [6, 6.07) is 13.7. The second kappa shape index (κ2) is 11.0. The number of ether oxygens (including phenoxy) is 1. The number of hydrogen-bond acceptors (Lipinski definition) is 5. The van der Waals surface area contributed by atoms with E-state index in [1.807, 2.05) is 12.1 Å². The zero-order valence-electron chi connectivity index (χ0n) is 19.5. The Balaban J connectivity index is 1.49. The van der Waals surface area contributed by atoms with Crippen molar-refractivity contribution in [1.82, 2.24) is 5.32 Å². The molecule has 34 heavy (non-hydrogen) atoms. The summed E-state index contributed by atoms with van der Waals surface area (Å²) in [7, 11) is 0. The predicted molar refractivity (Wildman–Crippen MR) is 132 cm³/mol. The Labute approximate surface area is 200 Å². The summed E-state index contributed by atoms with van der Waals surface area (Å²) in [5.74, 6) is 0.507. The number of piperidine rings is 1. The van der Waals surface area contributed by atoms with Crippen LogP contribution in [0.3, 0.4) is 0 Å². The molecule has 0 spiro atoms. The van der Waals surface area contributed by atoms with Crippen molar-refractivity contribution in [3.8, 4) is 6.07 Å². The van der Waals surface area contributed by atoms with Gasteiger partial charge in [0.1, 0.15) is 0 Å². The SMILES string of the molecule is CC1CCN(c2ccc(NC(=O)Nc3cccc(C#N)c3)cc2C(=O)NC[C@H]2CCCO2)CC1. The monoisotopic (exact) mass is 461 g/mol. The highest BCUT2D eigenvalue weighted by molar-refractivity contribution is 6.04. The Morgan fingerprint density at radius 3 is 2.56 bits per heavy atom. The van der Waals surface area contributed by atoms with E-state index < -0.39 is 6.03 Å². The van der Waals surface area contributed by atoms with E-state index in [4.69, 9.17) is 10.00 Å². The molecule has 2 fully saturated rings. The quantitative estimate of drug-likeness (QED) is 0.593. The lowest BCUT2D eigenvalue weighted by Crippen LogP contribution is -2.36. The van der Waals surface area contributed by atoms with Crippen molar-refractivity contribution >= 4 is 29.0 Å². The van der Waals surface area contributed by atoms with E-state index >= 15 is 0 Å². The van der Waals surface area contributed by atoms with E-state index in [0.717, 1.165) is 51.1 Å². The summed E-state index contributed by atoms with van der Waals surface area (Å²) < 4.78 is 5.64. The highest BCUT2D eigenvalue weighted by Gasteiger charge is 2.23. The standard InChI is InChI=1S/C26H31N5O3/c1-18-9-11-31(12-10-18)24-8-7-21(15-23(24)25(32)28-17-22-6-3-13-34-22)30-26(33)29-20-5-2-4-19(14-20)16-27/h2,4-5,7-8,14-15,18,22H,3,6,9-13,17H2,1H3,(H,28,32)(H2,29,30,33)/t22-/m1/s1. The molecule has 8 heteroatoms. The lowest BCUT2D eigenvalue weighted by Gasteiger charge is -2.33. The largest absolute Gasteiger partial charge is 0.376 e. The topological polar surface area (TPSA) is 106 Å². The minimum Gasteiger partial charge on any atom is -0.376 e. The van der Waals surface area contributed by atoms with E-state index in [9.17, 15) is 9.59 Å². The molecule has 0 saturated carbocycles. The lowest BCUT2D eigenvalue weighted by atomic mass is 9.97. The van der Waals surface area contributed by atoms with Gasteiger partial charge in [-0.25, -0.2) is 4.79 Å². The molecule has 0 aliphatic carbocycles. The smallest absolute Gasteiger partial charge is 0.323 e. The number of hydrogen-bond donors (Lipinski definition) is 3. The summed E-state index contributed by atoms with van der Waals surface area (Å²) in [5.41, 5.74) is 2.92. The first-order chi connectivity index (χ1) is 16.5. The molecular formula is C26H31N5O3. The molecule has 2 aliphatic rings. The second-order valence-corrected chi connectivity index (χ2v) is 9.02. The molecule has 3 N–H and O–H groups in total. The van der Waals surface area contributed by atoms with E-state index in [0.29, 0.717) is 35.0 Å². The number of urea groups is 1. The van der Waals surface area contributed by atoms with Crippen LogP contribution in [0.5, 0.6) is 0 Å². The molecule has 0 unspecified atom stereocenters. The third kappa shape index (κ3) is 6.06. The fraction of sp³-hybridized carbons (Fsp3) is 0.423. The lowest BCUT2D eigenvalue weighted by molar-refractivity contribution is 0.0858. The third-order valence-corrected chi connectivity index (χ3v) is 6.39. The minimum absolute atomic E-state index is 0.0551. The zero-order chi connectivity index (χ0) is 23.9. The van der Waals surface area contributed by atoms with Gasteiger partial charge in [-0.15, -0.1) is 0 Å². The molecule has 2 saturated heterocycles. The van der Waals surface area contributed by atoms with Crippen LogP contribution in [-0.4, -0.2) is 44.3 Å². The van der Waals surface area contributed by atoms with Crippen LogP contribution in [0, 0.1) is 17.2 Å². The Hall–Kier alpha value is -3.57. The average Bonchev–Trinajstić information content (AvgIpc) is 3.37. The van der Waals surface area contributed by atoms with Gasteiger partial charge in [0.2, 0.25) is 0 Å². The zero-order valence-corrected chi connectivity index (χ0v) is 19.5. The molecule has 2 aromatic rings. The van der Waals surface area contributed by atoms with Gasteiger partial charge in [-0.2, -0.15) is 5.26 Å². The second-order valence-electron chi connectivity index (χ2n) is 9.02. The molecule has 2 aliphatic heterocycles. The van der Waals surface area contributed by atoms with Crippen molar-refractivity contribution in [1.29, 1.82) is 5.26 Å². The first-order valence-corrected chi connectivity index (χ1v) is 11.9. The van der Waals surface area contributed by atoms with Gasteiger partial charge >= 0.3 is 6.03 Å². The van der Waals surface area contributed by atoms with Gasteiger partial charge < -0.3 is 25.6 Å². The molecule has 1 atom stereocenters. The molecule has 178 valence electrons. The van der Waals surface area contributed by atoms with Crippen LogP contribution < -0.4 is 20.9 Å². The molecular weight excluding hydrogens is 430 g/mol. The van der Waals surface area contributed by atoms with Crippen LogP contribution in [0.1, 0.15) is 48.5 Å². The molecule has 0 bridgehead atoms. The number of rotatable bonds is 6. The maximum atomic E-state index is 13.2. The van der Waals surface area contributed by atoms with Crippen LogP contribution in [-0.2, 0) is 4.74 Å². The van der Waals surface area contributed by atoms with E-state index in [2.05, 4.69) is 33.8 Å². The van der Waals surface area contributed by atoms with Crippen LogP contribution in [0.15, 0.2) is 42.5 Å². The highest BCUT2D eigenvalue weighted by Crippen LogP contribution is 2.29. The van der Waals surface area contributed by atoms with Gasteiger partial charge in [-0.1, -0.05) is 13.0 Å². The first kappa shape index (κ1) is 23.6. The Bertz CT molecular complexity index is 1070. The molecule has 2 heterocycles. The van der Waals surface area contributed by atoms with Gasteiger partial charge in [0, 0.05) is 43.3 Å².